The molecule has 0 fully saturated rings. The molecule has 0 aliphatic carbocycles. The first-order valence-electron chi connectivity index (χ1n) is 11.1. The molecule has 1 aromatic rings. The highest BCUT2D eigenvalue weighted by Crippen LogP contribution is 2.22. The van der Waals surface area contributed by atoms with Gasteiger partial charge in [0.25, 0.3) is 0 Å². The molecule has 1 aliphatic rings. The lowest BCUT2D eigenvalue weighted by atomic mass is 10.1. The van der Waals surface area contributed by atoms with Crippen LogP contribution in [0.5, 0.6) is 0 Å². The molecule has 2 rings (SSSR count). The number of unbranched alkanes of at least 4 members (excludes halogenated alkanes) is 8. The van der Waals surface area contributed by atoms with Gasteiger partial charge in [-0.3, -0.25) is 0 Å². The van der Waals surface area contributed by atoms with Crippen LogP contribution in [0.4, 0.5) is 0 Å². The van der Waals surface area contributed by atoms with E-state index in [2.05, 4.69) is 66.4 Å². The maximum absolute atomic E-state index is 2.58. The van der Waals surface area contributed by atoms with Crippen LogP contribution in [0.25, 0.3) is 0 Å². The lowest BCUT2D eigenvalue weighted by Gasteiger charge is -2.33. The molecule has 1 aliphatic heterocycles. The van der Waals surface area contributed by atoms with E-state index in [1.54, 1.807) is 0 Å². The largest absolute Gasteiger partial charge is 0.356 e. The molecule has 146 valence electrons. The predicted molar refractivity (Wildman–Crippen MR) is 114 cm³/mol. The average molecular weight is 357 g/mol. The maximum Gasteiger partial charge on any atom is 0.105 e. The van der Waals surface area contributed by atoms with Crippen LogP contribution in [0.3, 0.4) is 0 Å². The Balaban J connectivity index is 1.75. The summed E-state index contributed by atoms with van der Waals surface area (Å²) in [6, 6.07) is 11.0. The first kappa shape index (κ1) is 20.9. The molecule has 0 amide bonds. The summed E-state index contributed by atoms with van der Waals surface area (Å²) in [5.74, 6) is 0. The van der Waals surface area contributed by atoms with E-state index in [1.165, 1.54) is 82.9 Å². The van der Waals surface area contributed by atoms with Gasteiger partial charge in [-0.15, -0.1) is 0 Å². The van der Waals surface area contributed by atoms with E-state index in [0.29, 0.717) is 6.17 Å². The fourth-order valence-electron chi connectivity index (χ4n) is 3.84. The Morgan fingerprint density at radius 2 is 1.19 bits per heavy atom. The molecule has 0 saturated carbocycles. The van der Waals surface area contributed by atoms with Crippen LogP contribution in [0.2, 0.25) is 0 Å². The van der Waals surface area contributed by atoms with E-state index >= 15 is 0 Å². The molecule has 2 heteroatoms. The minimum atomic E-state index is 0.508. The summed E-state index contributed by atoms with van der Waals surface area (Å²) in [6.07, 6.45) is 20.0. The van der Waals surface area contributed by atoms with Gasteiger partial charge in [0, 0.05) is 31.9 Å². The molecule has 26 heavy (non-hydrogen) atoms. The van der Waals surface area contributed by atoms with E-state index in [0.717, 1.165) is 6.42 Å². The quantitative estimate of drug-likeness (QED) is 0.347. The summed E-state index contributed by atoms with van der Waals surface area (Å²) in [6.45, 7) is 6.95. The van der Waals surface area contributed by atoms with E-state index < -0.39 is 0 Å². The molecule has 0 N–H and O–H groups in total. The van der Waals surface area contributed by atoms with E-state index in [1.807, 2.05) is 0 Å². The predicted octanol–water partition coefficient (Wildman–Crippen LogP) is 6.58. The van der Waals surface area contributed by atoms with Crippen LogP contribution in [0.15, 0.2) is 42.7 Å². The molecule has 1 atom stereocenters. The molecule has 0 spiro atoms. The van der Waals surface area contributed by atoms with Gasteiger partial charge in [0.05, 0.1) is 0 Å². The van der Waals surface area contributed by atoms with Gasteiger partial charge in [0.2, 0.25) is 0 Å². The Hall–Kier alpha value is -1.44. The fraction of sp³-hybridized carbons (Fsp3) is 0.667. The highest BCUT2D eigenvalue weighted by atomic mass is 15.4. The monoisotopic (exact) mass is 356 g/mol. The highest BCUT2D eigenvalue weighted by Gasteiger charge is 2.25. The topological polar surface area (TPSA) is 6.48 Å². The smallest absolute Gasteiger partial charge is 0.105 e. The van der Waals surface area contributed by atoms with Crippen molar-refractivity contribution in [2.75, 3.05) is 13.1 Å². The van der Waals surface area contributed by atoms with Gasteiger partial charge < -0.3 is 9.80 Å². The Labute approximate surface area is 162 Å². The van der Waals surface area contributed by atoms with Gasteiger partial charge >= 0.3 is 0 Å². The van der Waals surface area contributed by atoms with E-state index in [-0.39, 0.29) is 0 Å². The van der Waals surface area contributed by atoms with Crippen LogP contribution in [0.1, 0.15) is 83.6 Å². The van der Waals surface area contributed by atoms with Crippen LogP contribution >= 0.6 is 0 Å². The first-order chi connectivity index (χ1) is 12.8. The standard InChI is InChI=1S/C24H40N2/c1-3-5-7-8-9-10-11-15-19-26-21-20-25(18-6-4-2)24(26)22-23-16-13-12-14-17-23/h12-14,16-17,20-21,24H,3-11,15,18-19,22H2,1-2H3. The van der Waals surface area contributed by atoms with E-state index in [9.17, 15) is 0 Å². The summed E-state index contributed by atoms with van der Waals surface area (Å²) in [7, 11) is 0. The fourth-order valence-corrected chi connectivity index (χ4v) is 3.84. The third-order valence-corrected chi connectivity index (χ3v) is 5.52. The molecular weight excluding hydrogens is 316 g/mol. The van der Waals surface area contributed by atoms with Gasteiger partial charge in [0.1, 0.15) is 6.17 Å². The molecule has 1 aromatic carbocycles. The zero-order chi connectivity index (χ0) is 18.5. The molecule has 0 bridgehead atoms. The number of hydrogen-bond donors (Lipinski definition) is 0. The molecule has 2 nitrogen and oxygen atoms in total. The van der Waals surface area contributed by atoms with Crippen molar-refractivity contribution in [1.29, 1.82) is 0 Å². The van der Waals surface area contributed by atoms with Gasteiger partial charge in [-0.1, -0.05) is 95.5 Å². The Bertz CT molecular complexity index is 482. The molecule has 0 saturated heterocycles. The normalized spacial score (nSPS) is 16.6. The Kier molecular flexibility index (Phi) is 10.3. The molecular formula is C24H40N2. The third kappa shape index (κ3) is 7.43. The number of nitrogens with zero attached hydrogens (tertiary/aromatic N) is 2. The van der Waals surface area contributed by atoms with Crippen molar-refractivity contribution in [2.45, 2.75) is 90.6 Å². The Morgan fingerprint density at radius 1 is 0.654 bits per heavy atom. The first-order valence-corrected chi connectivity index (χ1v) is 11.1. The van der Waals surface area contributed by atoms with Crippen LogP contribution in [-0.4, -0.2) is 29.1 Å². The minimum absolute atomic E-state index is 0.508. The van der Waals surface area contributed by atoms with Crippen molar-refractivity contribution in [3.8, 4) is 0 Å². The summed E-state index contributed by atoms with van der Waals surface area (Å²) >= 11 is 0. The van der Waals surface area contributed by atoms with Crippen molar-refractivity contribution in [1.82, 2.24) is 9.80 Å². The van der Waals surface area contributed by atoms with Crippen LogP contribution < -0.4 is 0 Å². The second-order valence-corrected chi connectivity index (χ2v) is 7.77. The molecule has 1 unspecified atom stereocenters. The third-order valence-electron chi connectivity index (χ3n) is 5.52. The Morgan fingerprint density at radius 3 is 1.81 bits per heavy atom. The van der Waals surface area contributed by atoms with Crippen molar-refractivity contribution >= 4 is 0 Å². The molecule has 1 heterocycles. The maximum atomic E-state index is 2.58. The number of hydrogen-bond acceptors (Lipinski definition) is 2. The van der Waals surface area contributed by atoms with Crippen LogP contribution in [0, 0.1) is 0 Å². The van der Waals surface area contributed by atoms with Crippen molar-refractivity contribution in [2.24, 2.45) is 0 Å². The zero-order valence-corrected chi connectivity index (χ0v) is 17.2. The van der Waals surface area contributed by atoms with Crippen molar-refractivity contribution < 1.29 is 0 Å². The van der Waals surface area contributed by atoms with Crippen molar-refractivity contribution in [3.05, 3.63) is 48.3 Å². The zero-order valence-electron chi connectivity index (χ0n) is 17.2. The van der Waals surface area contributed by atoms with Crippen molar-refractivity contribution in [3.63, 3.8) is 0 Å². The highest BCUT2D eigenvalue weighted by molar-refractivity contribution is 5.17. The summed E-state index contributed by atoms with van der Waals surface area (Å²) in [4.78, 5) is 5.14. The summed E-state index contributed by atoms with van der Waals surface area (Å²) < 4.78 is 0. The SMILES string of the molecule is CCCCCCCCCCN1C=CN(CCCC)C1Cc1ccccc1. The second kappa shape index (κ2) is 12.8. The summed E-state index contributed by atoms with van der Waals surface area (Å²) in [5.41, 5.74) is 1.45. The molecule has 0 aromatic heterocycles. The average Bonchev–Trinajstić information content (AvgIpc) is 3.04. The van der Waals surface area contributed by atoms with Gasteiger partial charge in [-0.25, -0.2) is 0 Å². The minimum Gasteiger partial charge on any atom is -0.356 e. The lowest BCUT2D eigenvalue weighted by Crippen LogP contribution is -2.41. The van der Waals surface area contributed by atoms with Gasteiger partial charge in [-0.05, 0) is 18.4 Å². The van der Waals surface area contributed by atoms with Gasteiger partial charge in [0.15, 0.2) is 0 Å². The molecule has 0 radical (unpaired) electrons. The van der Waals surface area contributed by atoms with Crippen LogP contribution in [-0.2, 0) is 6.42 Å². The van der Waals surface area contributed by atoms with Gasteiger partial charge in [-0.2, -0.15) is 0 Å². The number of benzene rings is 1. The second-order valence-electron chi connectivity index (χ2n) is 7.77. The van der Waals surface area contributed by atoms with E-state index in [4.69, 9.17) is 0 Å². The summed E-state index contributed by atoms with van der Waals surface area (Å²) in [5, 5.41) is 0. The number of rotatable bonds is 14. The lowest BCUT2D eigenvalue weighted by molar-refractivity contribution is 0.148.